The van der Waals surface area contributed by atoms with Gasteiger partial charge in [0.15, 0.2) is 0 Å². The van der Waals surface area contributed by atoms with Gasteiger partial charge in [-0.3, -0.25) is 14.9 Å². The molecule has 2 aromatic carbocycles. The van der Waals surface area contributed by atoms with Gasteiger partial charge in [-0.2, -0.15) is 8.78 Å². The zero-order valence-corrected chi connectivity index (χ0v) is 16.6. The molecule has 13 heteroatoms. The number of hydrogen-bond acceptors (Lipinski definition) is 9. The number of benzene rings is 2. The summed E-state index contributed by atoms with van der Waals surface area (Å²) >= 11 is 0.948. The number of amides is 1. The van der Waals surface area contributed by atoms with Crippen LogP contribution in [0.3, 0.4) is 0 Å². The van der Waals surface area contributed by atoms with E-state index in [1.807, 2.05) is 0 Å². The Morgan fingerprint density at radius 3 is 2.65 bits per heavy atom. The fourth-order valence-corrected chi connectivity index (χ4v) is 2.95. The first-order valence-electron chi connectivity index (χ1n) is 8.49. The molecule has 0 spiro atoms. The van der Waals surface area contributed by atoms with Gasteiger partial charge in [0.25, 0.3) is 10.9 Å². The Morgan fingerprint density at radius 1 is 1.26 bits per heavy atom. The van der Waals surface area contributed by atoms with E-state index in [4.69, 9.17) is 9.15 Å². The Kier molecular flexibility index (Phi) is 6.97. The first-order valence-corrected chi connectivity index (χ1v) is 9.48. The van der Waals surface area contributed by atoms with Crippen LogP contribution in [0.1, 0.15) is 0 Å². The zero-order chi connectivity index (χ0) is 22.4. The van der Waals surface area contributed by atoms with Crippen molar-refractivity contribution in [3.05, 3.63) is 52.6 Å². The highest BCUT2D eigenvalue weighted by atomic mass is 32.2. The van der Waals surface area contributed by atoms with Crippen molar-refractivity contribution in [2.75, 3.05) is 18.2 Å². The molecular formula is C18H14F2N4O6S. The summed E-state index contributed by atoms with van der Waals surface area (Å²) in [5.74, 6) is -0.206. The van der Waals surface area contributed by atoms with E-state index in [0.717, 1.165) is 11.8 Å². The molecule has 0 unspecified atom stereocenters. The van der Waals surface area contributed by atoms with Gasteiger partial charge >= 0.3 is 6.61 Å². The maximum Gasteiger partial charge on any atom is 0.387 e. The van der Waals surface area contributed by atoms with Crippen molar-refractivity contribution in [1.29, 1.82) is 0 Å². The van der Waals surface area contributed by atoms with Crippen molar-refractivity contribution in [3.8, 4) is 23.0 Å². The monoisotopic (exact) mass is 452 g/mol. The second-order valence-corrected chi connectivity index (χ2v) is 6.68. The van der Waals surface area contributed by atoms with E-state index in [1.165, 1.54) is 49.6 Å². The molecule has 0 aliphatic heterocycles. The van der Waals surface area contributed by atoms with Crippen LogP contribution in [0.5, 0.6) is 11.5 Å². The number of non-ortho nitro benzene ring substituents is 1. The molecule has 0 saturated heterocycles. The molecule has 0 atom stereocenters. The molecule has 0 radical (unpaired) electrons. The summed E-state index contributed by atoms with van der Waals surface area (Å²) in [6.07, 6.45) is 0. The third-order valence-corrected chi connectivity index (χ3v) is 4.55. The molecule has 3 rings (SSSR count). The predicted octanol–water partition coefficient (Wildman–Crippen LogP) is 3.99. The summed E-state index contributed by atoms with van der Waals surface area (Å²) in [6, 6.07) is 9.44. The molecule has 0 aliphatic carbocycles. The quantitative estimate of drug-likeness (QED) is 0.291. The van der Waals surface area contributed by atoms with Crippen LogP contribution in [0.15, 0.2) is 52.1 Å². The molecular weight excluding hydrogens is 438 g/mol. The maximum atomic E-state index is 12.2. The second kappa shape index (κ2) is 9.84. The van der Waals surface area contributed by atoms with Crippen LogP contribution in [0.2, 0.25) is 0 Å². The number of nitro groups is 1. The Bertz CT molecular complexity index is 1080. The summed E-state index contributed by atoms with van der Waals surface area (Å²) < 4.78 is 39.2. The second-order valence-electron chi connectivity index (χ2n) is 5.75. The number of nitrogens with zero attached hydrogens (tertiary/aromatic N) is 3. The molecule has 31 heavy (non-hydrogen) atoms. The summed E-state index contributed by atoms with van der Waals surface area (Å²) in [5, 5.41) is 21.2. The van der Waals surface area contributed by atoms with Crippen molar-refractivity contribution in [2.45, 2.75) is 11.8 Å². The van der Waals surface area contributed by atoms with Gasteiger partial charge in [0.2, 0.25) is 11.8 Å². The minimum absolute atomic E-state index is 0.0129. The molecule has 1 N–H and O–H groups in total. The average Bonchev–Trinajstić information content (AvgIpc) is 3.21. The van der Waals surface area contributed by atoms with Gasteiger partial charge in [0, 0.05) is 17.7 Å². The highest BCUT2D eigenvalue weighted by Crippen LogP contribution is 2.30. The summed E-state index contributed by atoms with van der Waals surface area (Å²) in [7, 11) is 1.37. The van der Waals surface area contributed by atoms with Crippen molar-refractivity contribution in [2.24, 2.45) is 0 Å². The lowest BCUT2D eigenvalue weighted by Gasteiger charge is -2.09. The van der Waals surface area contributed by atoms with E-state index in [-0.39, 0.29) is 39.7 Å². The van der Waals surface area contributed by atoms with Crippen LogP contribution >= 0.6 is 11.8 Å². The lowest BCUT2D eigenvalue weighted by Crippen LogP contribution is -2.14. The molecule has 1 heterocycles. The Hall–Kier alpha value is -3.74. The highest BCUT2D eigenvalue weighted by molar-refractivity contribution is 7.99. The van der Waals surface area contributed by atoms with E-state index in [9.17, 15) is 23.7 Å². The highest BCUT2D eigenvalue weighted by Gasteiger charge is 2.16. The molecule has 0 aliphatic rings. The minimum Gasteiger partial charge on any atom is -0.495 e. The first-order chi connectivity index (χ1) is 14.9. The number of aromatic nitrogens is 2. The van der Waals surface area contributed by atoms with Gasteiger partial charge in [0.1, 0.15) is 11.5 Å². The third-order valence-electron chi connectivity index (χ3n) is 3.73. The number of rotatable bonds is 9. The minimum atomic E-state index is -2.93. The molecule has 0 bridgehead atoms. The number of anilines is 1. The van der Waals surface area contributed by atoms with Crippen LogP contribution in [0.4, 0.5) is 20.2 Å². The molecule has 0 saturated carbocycles. The number of methoxy groups -OCH3 is 1. The third kappa shape index (κ3) is 5.88. The SMILES string of the molecule is COc1ccc([N+](=O)[O-])cc1NC(=O)CSc1nnc(-c2ccc(OC(F)F)cc2)o1. The van der Waals surface area contributed by atoms with Crippen LogP contribution in [0, 0.1) is 10.1 Å². The zero-order valence-electron chi connectivity index (χ0n) is 15.8. The van der Waals surface area contributed by atoms with Crippen molar-refractivity contribution < 1.29 is 32.4 Å². The van der Waals surface area contributed by atoms with Crippen molar-refractivity contribution in [3.63, 3.8) is 0 Å². The van der Waals surface area contributed by atoms with Gasteiger partial charge in [-0.05, 0) is 30.3 Å². The van der Waals surface area contributed by atoms with Gasteiger partial charge in [0.05, 0.1) is 23.5 Å². The van der Waals surface area contributed by atoms with E-state index in [0.29, 0.717) is 5.56 Å². The van der Waals surface area contributed by atoms with Crippen molar-refractivity contribution in [1.82, 2.24) is 10.2 Å². The number of carbonyl (C=O) groups excluding carboxylic acids is 1. The number of carbonyl (C=O) groups is 1. The number of nitro benzene ring substituents is 1. The summed E-state index contributed by atoms with van der Waals surface area (Å²) in [5.41, 5.74) is 0.432. The van der Waals surface area contributed by atoms with E-state index < -0.39 is 17.4 Å². The van der Waals surface area contributed by atoms with Gasteiger partial charge in [-0.25, -0.2) is 0 Å². The van der Waals surface area contributed by atoms with Crippen LogP contribution < -0.4 is 14.8 Å². The van der Waals surface area contributed by atoms with Crippen LogP contribution in [-0.4, -0.2) is 40.5 Å². The van der Waals surface area contributed by atoms with Gasteiger partial charge in [-0.15, -0.1) is 10.2 Å². The fourth-order valence-electron chi connectivity index (χ4n) is 2.38. The molecule has 3 aromatic rings. The Balaban J connectivity index is 1.60. The van der Waals surface area contributed by atoms with Gasteiger partial charge in [-0.1, -0.05) is 11.8 Å². The molecule has 0 fully saturated rings. The Morgan fingerprint density at radius 2 is 2.00 bits per heavy atom. The van der Waals surface area contributed by atoms with E-state index >= 15 is 0 Å². The number of thioether (sulfide) groups is 1. The lowest BCUT2D eigenvalue weighted by molar-refractivity contribution is -0.384. The predicted molar refractivity (Wildman–Crippen MR) is 105 cm³/mol. The van der Waals surface area contributed by atoms with Crippen molar-refractivity contribution >= 4 is 29.0 Å². The Labute approximate surface area is 177 Å². The largest absolute Gasteiger partial charge is 0.495 e. The summed E-state index contributed by atoms with van der Waals surface area (Å²) in [4.78, 5) is 22.5. The molecule has 10 nitrogen and oxygen atoms in total. The van der Waals surface area contributed by atoms with Gasteiger partial charge < -0.3 is 19.2 Å². The smallest absolute Gasteiger partial charge is 0.387 e. The van der Waals surface area contributed by atoms with Crippen LogP contribution in [-0.2, 0) is 4.79 Å². The lowest BCUT2D eigenvalue weighted by atomic mass is 10.2. The molecule has 162 valence electrons. The van der Waals surface area contributed by atoms with E-state index in [1.54, 1.807) is 0 Å². The maximum absolute atomic E-state index is 12.2. The normalized spacial score (nSPS) is 10.7. The average molecular weight is 452 g/mol. The first kappa shape index (κ1) is 22.0. The topological polar surface area (TPSA) is 130 Å². The van der Waals surface area contributed by atoms with E-state index in [2.05, 4.69) is 20.3 Å². The number of halogens is 2. The molecule has 1 amide bonds. The fraction of sp³-hybridized carbons (Fsp3) is 0.167. The molecule has 1 aromatic heterocycles. The van der Waals surface area contributed by atoms with Crippen LogP contribution in [0.25, 0.3) is 11.5 Å². The number of hydrogen-bond donors (Lipinski definition) is 1. The number of ether oxygens (including phenoxy) is 2. The summed E-state index contributed by atoms with van der Waals surface area (Å²) in [6.45, 7) is -2.93. The number of alkyl halides is 2. The standard InChI is InChI=1S/C18H14F2N4O6S/c1-28-14-7-4-11(24(26)27)8-13(14)21-15(25)9-31-18-23-22-16(30-18)10-2-5-12(6-3-10)29-17(19)20/h2-8,17H,9H2,1H3,(H,21,25). The number of nitrogens with one attached hydrogen (secondary N) is 1.